The molecule has 1 aliphatic rings. The molecule has 1 fully saturated rings. The first kappa shape index (κ1) is 15.4. The van der Waals surface area contributed by atoms with Crippen LogP contribution in [0.25, 0.3) is 0 Å². The Balaban J connectivity index is 1.93. The minimum absolute atomic E-state index is 0.119. The van der Waals surface area contributed by atoms with Crippen molar-refractivity contribution in [3.05, 3.63) is 23.0 Å². The monoisotopic (exact) mass is 293 g/mol. The normalized spacial score (nSPS) is 15.2. The molecule has 0 spiro atoms. The molecule has 0 unspecified atom stereocenters. The van der Waals surface area contributed by atoms with Gasteiger partial charge in [-0.1, -0.05) is 0 Å². The fourth-order valence-corrected chi connectivity index (χ4v) is 2.65. The molecule has 0 aromatic carbocycles. The summed E-state index contributed by atoms with van der Waals surface area (Å²) in [7, 11) is 3.38. The van der Waals surface area contributed by atoms with Crippen molar-refractivity contribution in [1.29, 1.82) is 0 Å². The highest BCUT2D eigenvalue weighted by atomic mass is 16.5. The third kappa shape index (κ3) is 3.20. The lowest BCUT2D eigenvalue weighted by Crippen LogP contribution is -2.50. The van der Waals surface area contributed by atoms with E-state index in [2.05, 4.69) is 10.6 Å². The van der Waals surface area contributed by atoms with Crippen molar-refractivity contribution in [2.75, 3.05) is 33.3 Å². The number of carbonyl (C=O) groups is 2. The number of aromatic nitrogens is 1. The number of amides is 2. The Kier molecular flexibility index (Phi) is 4.55. The Morgan fingerprint density at radius 2 is 1.71 bits per heavy atom. The maximum atomic E-state index is 12.4. The summed E-state index contributed by atoms with van der Waals surface area (Å²) in [5.41, 5.74) is 3.37. The van der Waals surface area contributed by atoms with Gasteiger partial charge < -0.3 is 19.1 Å². The predicted octanol–water partition coefficient (Wildman–Crippen LogP) is 1.10. The van der Waals surface area contributed by atoms with E-state index in [1.165, 1.54) is 7.11 Å². The van der Waals surface area contributed by atoms with E-state index in [0.29, 0.717) is 32.6 Å². The molecule has 6 heteroatoms. The molecule has 0 aliphatic carbocycles. The molecule has 2 heterocycles. The summed E-state index contributed by atoms with van der Waals surface area (Å²) < 4.78 is 6.79. The van der Waals surface area contributed by atoms with Crippen LogP contribution < -0.4 is 0 Å². The second kappa shape index (κ2) is 6.20. The van der Waals surface area contributed by atoms with Crippen LogP contribution in [0.3, 0.4) is 0 Å². The number of rotatable bonds is 2. The number of nitrogens with zero attached hydrogens (tertiary/aromatic N) is 3. The van der Waals surface area contributed by atoms with Crippen molar-refractivity contribution in [1.82, 2.24) is 14.4 Å². The zero-order valence-electron chi connectivity index (χ0n) is 13.2. The molecule has 116 valence electrons. The quantitative estimate of drug-likeness (QED) is 0.820. The molecule has 0 radical (unpaired) electrons. The van der Waals surface area contributed by atoms with Gasteiger partial charge in [0.15, 0.2) is 0 Å². The fourth-order valence-electron chi connectivity index (χ4n) is 2.65. The summed E-state index contributed by atoms with van der Waals surface area (Å²) in [6, 6.07) is 2.07. The lowest BCUT2D eigenvalue weighted by Gasteiger charge is -2.33. The maximum Gasteiger partial charge on any atom is 0.409 e. The average molecular weight is 293 g/mol. The minimum atomic E-state index is -0.323. The smallest absolute Gasteiger partial charge is 0.409 e. The van der Waals surface area contributed by atoms with Gasteiger partial charge in [-0.3, -0.25) is 4.79 Å². The standard InChI is InChI=1S/C15H23N3O3/c1-11-9-13(12(2)16(11)3)10-14(19)17-5-7-18(8-6-17)15(20)21-4/h9H,5-8,10H2,1-4H3. The highest BCUT2D eigenvalue weighted by molar-refractivity contribution is 5.79. The van der Waals surface area contributed by atoms with Gasteiger partial charge >= 0.3 is 6.09 Å². The van der Waals surface area contributed by atoms with Gasteiger partial charge in [0.2, 0.25) is 5.91 Å². The van der Waals surface area contributed by atoms with E-state index in [9.17, 15) is 9.59 Å². The minimum Gasteiger partial charge on any atom is -0.453 e. The van der Waals surface area contributed by atoms with Gasteiger partial charge in [-0.15, -0.1) is 0 Å². The second-order valence-electron chi connectivity index (χ2n) is 5.47. The summed E-state index contributed by atoms with van der Waals surface area (Å²) in [6.45, 7) is 6.27. The van der Waals surface area contributed by atoms with Gasteiger partial charge in [0.05, 0.1) is 13.5 Å². The maximum absolute atomic E-state index is 12.4. The SMILES string of the molecule is COC(=O)N1CCN(C(=O)Cc2cc(C)n(C)c2C)CC1. The van der Waals surface area contributed by atoms with Crippen molar-refractivity contribution in [3.63, 3.8) is 0 Å². The largest absolute Gasteiger partial charge is 0.453 e. The topological polar surface area (TPSA) is 54.8 Å². The molecule has 6 nitrogen and oxygen atoms in total. The number of piperazine rings is 1. The van der Waals surface area contributed by atoms with Crippen molar-refractivity contribution in [2.24, 2.45) is 7.05 Å². The van der Waals surface area contributed by atoms with E-state index >= 15 is 0 Å². The lowest BCUT2D eigenvalue weighted by atomic mass is 10.1. The molecule has 1 saturated heterocycles. The molecule has 1 aromatic heterocycles. The van der Waals surface area contributed by atoms with Crippen LogP contribution in [-0.4, -0.2) is 59.7 Å². The van der Waals surface area contributed by atoms with E-state index in [0.717, 1.165) is 17.0 Å². The highest BCUT2D eigenvalue weighted by Gasteiger charge is 2.25. The van der Waals surface area contributed by atoms with Crippen molar-refractivity contribution < 1.29 is 14.3 Å². The van der Waals surface area contributed by atoms with Crippen molar-refractivity contribution >= 4 is 12.0 Å². The zero-order valence-corrected chi connectivity index (χ0v) is 13.2. The molecule has 1 aliphatic heterocycles. The van der Waals surface area contributed by atoms with Crippen LogP contribution in [0.2, 0.25) is 0 Å². The van der Waals surface area contributed by atoms with E-state index in [1.807, 2.05) is 25.8 Å². The second-order valence-corrected chi connectivity index (χ2v) is 5.47. The van der Waals surface area contributed by atoms with Crippen LogP contribution in [0.15, 0.2) is 6.07 Å². The summed E-state index contributed by atoms with van der Waals surface area (Å²) >= 11 is 0. The number of aryl methyl sites for hydroxylation is 1. The Bertz CT molecular complexity index is 543. The molecule has 0 atom stereocenters. The Hall–Kier alpha value is -1.98. The zero-order chi connectivity index (χ0) is 15.6. The Morgan fingerprint density at radius 1 is 1.14 bits per heavy atom. The van der Waals surface area contributed by atoms with Crippen LogP contribution in [0.1, 0.15) is 17.0 Å². The summed E-state index contributed by atoms with van der Waals surface area (Å²) in [5.74, 6) is 0.119. The average Bonchev–Trinajstić information content (AvgIpc) is 2.74. The molecule has 2 amide bonds. The van der Waals surface area contributed by atoms with Crippen molar-refractivity contribution in [3.8, 4) is 0 Å². The lowest BCUT2D eigenvalue weighted by molar-refractivity contribution is -0.132. The fraction of sp³-hybridized carbons (Fsp3) is 0.600. The summed E-state index contributed by atoms with van der Waals surface area (Å²) in [6.07, 6.45) is 0.0998. The van der Waals surface area contributed by atoms with Crippen molar-refractivity contribution in [2.45, 2.75) is 20.3 Å². The first-order valence-electron chi connectivity index (χ1n) is 7.16. The summed E-state index contributed by atoms with van der Waals surface area (Å²) in [5, 5.41) is 0. The summed E-state index contributed by atoms with van der Waals surface area (Å²) in [4.78, 5) is 27.2. The van der Waals surface area contributed by atoms with E-state index in [4.69, 9.17) is 4.74 Å². The number of carbonyl (C=O) groups excluding carboxylic acids is 2. The Morgan fingerprint density at radius 3 is 2.19 bits per heavy atom. The van der Waals surface area contributed by atoms with Crippen LogP contribution >= 0.6 is 0 Å². The third-order valence-electron chi connectivity index (χ3n) is 4.29. The molecule has 2 rings (SSSR count). The molecule has 1 aromatic rings. The van der Waals surface area contributed by atoms with Gasteiger partial charge in [-0.25, -0.2) is 4.79 Å². The van der Waals surface area contributed by atoms with E-state index < -0.39 is 0 Å². The highest BCUT2D eigenvalue weighted by Crippen LogP contribution is 2.15. The molecule has 0 saturated carbocycles. The van der Waals surface area contributed by atoms with Gasteiger partial charge in [-0.2, -0.15) is 0 Å². The van der Waals surface area contributed by atoms with Gasteiger partial charge in [0.25, 0.3) is 0 Å². The van der Waals surface area contributed by atoms with Gasteiger partial charge in [-0.05, 0) is 25.5 Å². The number of ether oxygens (including phenoxy) is 1. The van der Waals surface area contributed by atoms with E-state index in [1.54, 1.807) is 4.90 Å². The predicted molar refractivity (Wildman–Crippen MR) is 79.1 cm³/mol. The first-order valence-corrected chi connectivity index (χ1v) is 7.16. The van der Waals surface area contributed by atoms with Gasteiger partial charge in [0.1, 0.15) is 0 Å². The molecular weight excluding hydrogens is 270 g/mol. The van der Waals surface area contributed by atoms with Crippen LogP contribution in [-0.2, 0) is 23.0 Å². The molecule has 0 bridgehead atoms. The Labute approximate surface area is 125 Å². The first-order chi connectivity index (χ1) is 9.93. The molecule has 0 N–H and O–H groups in total. The molecule has 21 heavy (non-hydrogen) atoms. The van der Waals surface area contributed by atoms with Crippen LogP contribution in [0.5, 0.6) is 0 Å². The number of hydrogen-bond donors (Lipinski definition) is 0. The molecular formula is C15H23N3O3. The van der Waals surface area contributed by atoms with Gasteiger partial charge in [0, 0.05) is 44.6 Å². The van der Waals surface area contributed by atoms with Crippen LogP contribution in [0, 0.1) is 13.8 Å². The number of methoxy groups -OCH3 is 1. The van der Waals surface area contributed by atoms with E-state index in [-0.39, 0.29) is 12.0 Å². The van der Waals surface area contributed by atoms with Crippen LogP contribution in [0.4, 0.5) is 4.79 Å². The number of hydrogen-bond acceptors (Lipinski definition) is 3. The third-order valence-corrected chi connectivity index (χ3v) is 4.29.